The molecule has 0 spiro atoms. The highest BCUT2D eigenvalue weighted by Crippen LogP contribution is 2.33. The van der Waals surface area contributed by atoms with Crippen LogP contribution in [0.5, 0.6) is 11.5 Å². The van der Waals surface area contributed by atoms with Crippen LogP contribution in [0.25, 0.3) is 11.0 Å². The highest BCUT2D eigenvalue weighted by atomic mass is 19.1. The molecule has 1 fully saturated rings. The van der Waals surface area contributed by atoms with Crippen LogP contribution in [0.3, 0.4) is 0 Å². The first kappa shape index (κ1) is 18.4. The molecule has 3 aromatic rings. The summed E-state index contributed by atoms with van der Waals surface area (Å²) < 4.78 is 41.9. The largest absolute Gasteiger partial charge is 0.486 e. The second-order valence-corrected chi connectivity index (χ2v) is 7.84. The third-order valence-corrected chi connectivity index (χ3v) is 5.76. The van der Waals surface area contributed by atoms with Crippen molar-refractivity contribution in [3.8, 4) is 11.5 Å². The maximum atomic E-state index is 14.2. The second-order valence-electron chi connectivity index (χ2n) is 7.84. The zero-order valence-corrected chi connectivity index (χ0v) is 16.3. The maximum absolute atomic E-state index is 14.2. The SMILES string of the molecule is Cc1nc2c(F)cc(F)cc2n1[C@H]1CCCN(C[C@H]2COc3ccccc3O2)C1. The van der Waals surface area contributed by atoms with E-state index in [9.17, 15) is 8.78 Å². The molecule has 2 aliphatic heterocycles. The van der Waals surface area contributed by atoms with Gasteiger partial charge in [0.25, 0.3) is 0 Å². The molecule has 0 aliphatic carbocycles. The van der Waals surface area contributed by atoms with E-state index in [4.69, 9.17) is 9.47 Å². The van der Waals surface area contributed by atoms with E-state index < -0.39 is 11.6 Å². The van der Waals surface area contributed by atoms with E-state index in [1.807, 2.05) is 35.8 Å². The number of hydrogen-bond donors (Lipinski definition) is 0. The molecule has 3 heterocycles. The predicted molar refractivity (Wildman–Crippen MR) is 105 cm³/mol. The number of piperidine rings is 1. The third kappa shape index (κ3) is 3.44. The lowest BCUT2D eigenvalue weighted by Gasteiger charge is -2.37. The van der Waals surface area contributed by atoms with E-state index in [2.05, 4.69) is 9.88 Å². The minimum absolute atomic E-state index is 0.0424. The molecule has 1 aromatic heterocycles. The van der Waals surface area contributed by atoms with Gasteiger partial charge in [0.2, 0.25) is 0 Å². The Hall–Kier alpha value is -2.67. The minimum atomic E-state index is -0.610. The molecule has 0 radical (unpaired) electrons. The minimum Gasteiger partial charge on any atom is -0.486 e. The lowest BCUT2D eigenvalue weighted by molar-refractivity contribution is 0.0462. The number of imidazole rings is 1. The normalized spacial score (nSPS) is 22.2. The maximum Gasteiger partial charge on any atom is 0.161 e. The van der Waals surface area contributed by atoms with Gasteiger partial charge in [-0.1, -0.05) is 12.1 Å². The van der Waals surface area contributed by atoms with Crippen molar-refractivity contribution in [1.29, 1.82) is 0 Å². The van der Waals surface area contributed by atoms with Crippen LogP contribution in [-0.2, 0) is 0 Å². The van der Waals surface area contributed by atoms with Crippen LogP contribution in [-0.4, -0.2) is 46.8 Å². The van der Waals surface area contributed by atoms with Crippen LogP contribution in [0.15, 0.2) is 36.4 Å². The topological polar surface area (TPSA) is 39.5 Å². The molecule has 152 valence electrons. The summed E-state index contributed by atoms with van der Waals surface area (Å²) in [7, 11) is 0. The van der Waals surface area contributed by atoms with Gasteiger partial charge >= 0.3 is 0 Å². The Morgan fingerprint density at radius 3 is 2.86 bits per heavy atom. The first-order valence-corrected chi connectivity index (χ1v) is 10.0. The average Bonchev–Trinajstić information content (AvgIpc) is 3.04. The van der Waals surface area contributed by atoms with Crippen LogP contribution in [0.1, 0.15) is 24.7 Å². The van der Waals surface area contributed by atoms with Gasteiger partial charge in [0, 0.05) is 25.2 Å². The first-order chi connectivity index (χ1) is 14.1. The van der Waals surface area contributed by atoms with Gasteiger partial charge in [0.15, 0.2) is 17.3 Å². The lowest BCUT2D eigenvalue weighted by atomic mass is 10.0. The summed E-state index contributed by atoms with van der Waals surface area (Å²) in [4.78, 5) is 6.70. The van der Waals surface area contributed by atoms with E-state index in [0.29, 0.717) is 17.9 Å². The Balaban J connectivity index is 1.34. The molecule has 0 N–H and O–H groups in total. The van der Waals surface area contributed by atoms with E-state index >= 15 is 0 Å². The summed E-state index contributed by atoms with van der Waals surface area (Å²) in [6.45, 7) is 4.87. The van der Waals surface area contributed by atoms with E-state index in [0.717, 1.165) is 50.0 Å². The molecule has 2 aromatic carbocycles. The number of halogens is 2. The van der Waals surface area contributed by atoms with E-state index in [1.165, 1.54) is 6.07 Å². The number of aryl methyl sites for hydroxylation is 1. The lowest BCUT2D eigenvalue weighted by Crippen LogP contribution is -2.45. The molecule has 2 atom stereocenters. The number of fused-ring (bicyclic) bond motifs is 2. The first-order valence-electron chi connectivity index (χ1n) is 10.0. The van der Waals surface area contributed by atoms with Gasteiger partial charge in [-0.2, -0.15) is 0 Å². The molecule has 5 nitrogen and oxygen atoms in total. The number of likely N-dealkylation sites (tertiary alicyclic amines) is 1. The number of rotatable bonds is 3. The summed E-state index contributed by atoms with van der Waals surface area (Å²) in [5, 5.41) is 0. The fourth-order valence-electron chi connectivity index (χ4n) is 4.55. The molecular formula is C22H23F2N3O2. The summed E-state index contributed by atoms with van der Waals surface area (Å²) in [6, 6.07) is 10.1. The summed E-state index contributed by atoms with van der Waals surface area (Å²) in [5.74, 6) is 1.09. The Kier molecular flexibility index (Phi) is 4.62. The average molecular weight is 399 g/mol. The van der Waals surface area contributed by atoms with Gasteiger partial charge in [-0.25, -0.2) is 13.8 Å². The van der Waals surface area contributed by atoms with Crippen LogP contribution >= 0.6 is 0 Å². The standard InChI is InChI=1S/C22H23F2N3O2/c1-14-25-22-18(24)9-15(23)10-19(22)27(14)16-5-4-8-26(11-16)12-17-13-28-20-6-2-3-7-21(20)29-17/h2-3,6-7,9-10,16-17H,4-5,8,11-13H2,1H3/t16-,17-/m0/s1. The molecule has 1 saturated heterocycles. The molecule has 0 bridgehead atoms. The number of nitrogens with zero attached hydrogens (tertiary/aromatic N) is 3. The number of aromatic nitrogens is 2. The van der Waals surface area contributed by atoms with Crippen molar-refractivity contribution in [2.24, 2.45) is 0 Å². The van der Waals surface area contributed by atoms with Crippen molar-refractivity contribution in [2.75, 3.05) is 26.2 Å². The summed E-state index contributed by atoms with van der Waals surface area (Å²) >= 11 is 0. The molecule has 0 saturated carbocycles. The van der Waals surface area contributed by atoms with Crippen molar-refractivity contribution < 1.29 is 18.3 Å². The molecular weight excluding hydrogens is 376 g/mol. The van der Waals surface area contributed by atoms with Gasteiger partial charge in [-0.3, -0.25) is 4.90 Å². The van der Waals surface area contributed by atoms with Crippen LogP contribution in [0.2, 0.25) is 0 Å². The Morgan fingerprint density at radius 2 is 2.00 bits per heavy atom. The third-order valence-electron chi connectivity index (χ3n) is 5.76. The van der Waals surface area contributed by atoms with Crippen LogP contribution in [0.4, 0.5) is 8.78 Å². The molecule has 7 heteroatoms. The van der Waals surface area contributed by atoms with Crippen molar-refractivity contribution in [2.45, 2.75) is 31.9 Å². The Morgan fingerprint density at radius 1 is 1.17 bits per heavy atom. The highest BCUT2D eigenvalue weighted by molar-refractivity contribution is 5.77. The number of benzene rings is 2. The van der Waals surface area contributed by atoms with Crippen LogP contribution in [0, 0.1) is 18.6 Å². The molecule has 2 aliphatic rings. The monoisotopic (exact) mass is 399 g/mol. The summed E-state index contributed by atoms with van der Waals surface area (Å²) in [5.41, 5.74) is 0.764. The van der Waals surface area contributed by atoms with Crippen LogP contribution < -0.4 is 9.47 Å². The van der Waals surface area contributed by atoms with Gasteiger partial charge in [0.1, 0.15) is 29.9 Å². The smallest absolute Gasteiger partial charge is 0.161 e. The van der Waals surface area contributed by atoms with E-state index in [-0.39, 0.29) is 17.7 Å². The number of para-hydroxylation sites is 2. The summed E-state index contributed by atoms with van der Waals surface area (Å²) in [6.07, 6.45) is 1.91. The molecule has 5 rings (SSSR count). The van der Waals surface area contributed by atoms with Gasteiger partial charge < -0.3 is 14.0 Å². The predicted octanol–water partition coefficient (Wildman–Crippen LogP) is 4.10. The molecule has 29 heavy (non-hydrogen) atoms. The zero-order chi connectivity index (χ0) is 20.0. The van der Waals surface area contributed by atoms with Crippen molar-refractivity contribution >= 4 is 11.0 Å². The van der Waals surface area contributed by atoms with E-state index in [1.54, 1.807) is 0 Å². The quantitative estimate of drug-likeness (QED) is 0.665. The zero-order valence-electron chi connectivity index (χ0n) is 16.3. The number of hydrogen-bond acceptors (Lipinski definition) is 4. The van der Waals surface area contributed by atoms with Gasteiger partial charge in [0.05, 0.1) is 5.52 Å². The van der Waals surface area contributed by atoms with Crippen molar-refractivity contribution in [3.05, 3.63) is 53.9 Å². The van der Waals surface area contributed by atoms with Gasteiger partial charge in [-0.15, -0.1) is 0 Å². The fourth-order valence-corrected chi connectivity index (χ4v) is 4.55. The molecule has 0 amide bonds. The highest BCUT2D eigenvalue weighted by Gasteiger charge is 2.29. The molecule has 0 unspecified atom stereocenters. The van der Waals surface area contributed by atoms with Crippen molar-refractivity contribution in [3.63, 3.8) is 0 Å². The Labute approximate surface area is 167 Å². The van der Waals surface area contributed by atoms with Crippen molar-refractivity contribution in [1.82, 2.24) is 14.5 Å². The Bertz CT molecular complexity index is 1050. The second kappa shape index (κ2) is 7.30. The van der Waals surface area contributed by atoms with Gasteiger partial charge in [-0.05, 0) is 44.5 Å². The fraction of sp³-hybridized carbons (Fsp3) is 0.409. The number of ether oxygens (including phenoxy) is 2.